The molecule has 0 bridgehead atoms. The van der Waals surface area contributed by atoms with Crippen LogP contribution in [0.3, 0.4) is 0 Å². The largest absolute Gasteiger partial charge is 0.493 e. The summed E-state index contributed by atoms with van der Waals surface area (Å²) in [5.74, 6) is 0.375. The third kappa shape index (κ3) is 3.15. The molecular weight excluding hydrogens is 392 g/mol. The highest BCUT2D eigenvalue weighted by Crippen LogP contribution is 2.29. The maximum Gasteiger partial charge on any atom is 0.446 e. The van der Waals surface area contributed by atoms with E-state index in [1.165, 1.54) is 49.1 Å². The molecule has 3 heterocycles. The Morgan fingerprint density at radius 1 is 1.20 bits per heavy atom. The summed E-state index contributed by atoms with van der Waals surface area (Å²) in [6.45, 7) is -0.207. The second kappa shape index (κ2) is 7.35. The molecule has 4 rings (SSSR count). The summed E-state index contributed by atoms with van der Waals surface area (Å²) < 4.78 is 13.5. The minimum atomic E-state index is -0.517. The molecule has 2 aliphatic rings. The molecule has 0 fully saturated rings. The molecule has 0 saturated carbocycles. The number of hydrogen-bond donors (Lipinski definition) is 0. The van der Waals surface area contributed by atoms with E-state index >= 15 is 0 Å². The van der Waals surface area contributed by atoms with Gasteiger partial charge in [0.15, 0.2) is 18.1 Å². The molecule has 0 aliphatic carbocycles. The Labute approximate surface area is 170 Å². The van der Waals surface area contributed by atoms with Gasteiger partial charge in [-0.25, -0.2) is 14.6 Å². The predicted molar refractivity (Wildman–Crippen MR) is 105 cm³/mol. The lowest BCUT2D eigenvalue weighted by Gasteiger charge is -2.15. The molecule has 1 aromatic heterocycles. The Hall–Kier alpha value is -4.15. The van der Waals surface area contributed by atoms with Gasteiger partial charge in [-0.3, -0.25) is 9.36 Å². The molecule has 0 spiro atoms. The molecule has 0 atom stereocenters. The highest BCUT2D eigenvalue weighted by molar-refractivity contribution is 6.70. The van der Waals surface area contributed by atoms with Gasteiger partial charge in [-0.1, -0.05) is 4.99 Å². The van der Waals surface area contributed by atoms with Crippen LogP contribution in [0.5, 0.6) is 11.5 Å². The number of hydrogen-bond acceptors (Lipinski definition) is 8. The van der Waals surface area contributed by atoms with Crippen LogP contribution in [0.25, 0.3) is 0 Å². The zero-order valence-electron chi connectivity index (χ0n) is 16.4. The number of aromatic nitrogens is 2. The molecule has 0 N–H and O–H groups in total. The van der Waals surface area contributed by atoms with Crippen LogP contribution in [0.15, 0.2) is 46.9 Å². The van der Waals surface area contributed by atoms with Gasteiger partial charge in [-0.15, -0.1) is 0 Å². The van der Waals surface area contributed by atoms with Crippen molar-refractivity contribution < 1.29 is 28.4 Å². The molecule has 30 heavy (non-hydrogen) atoms. The first-order valence-corrected chi connectivity index (χ1v) is 8.83. The molecule has 11 nitrogen and oxygen atoms in total. The van der Waals surface area contributed by atoms with Crippen molar-refractivity contribution in [1.29, 1.82) is 0 Å². The Bertz CT molecular complexity index is 1160. The van der Waals surface area contributed by atoms with E-state index in [1.807, 2.05) is 0 Å². The number of amides is 3. The fourth-order valence-corrected chi connectivity index (χ4v) is 2.95. The first-order valence-electron chi connectivity index (χ1n) is 8.83. The summed E-state index contributed by atoms with van der Waals surface area (Å²) >= 11 is 0. The summed E-state index contributed by atoms with van der Waals surface area (Å²) in [5.41, 5.74) is 0.658. The molecule has 152 valence electrons. The number of urea groups is 1. The average Bonchev–Trinajstić information content (AvgIpc) is 3.45. The number of aliphatic imine (C=N–C) groups is 2. The highest BCUT2D eigenvalue weighted by Gasteiger charge is 2.44. The number of carbonyl (C=O) groups is 3. The van der Waals surface area contributed by atoms with Crippen molar-refractivity contribution in [2.24, 2.45) is 9.98 Å². The minimum Gasteiger partial charge on any atom is -0.493 e. The Morgan fingerprint density at radius 2 is 2.00 bits per heavy atom. The van der Waals surface area contributed by atoms with Gasteiger partial charge in [0.1, 0.15) is 6.33 Å². The number of benzene rings is 1. The molecule has 2 aliphatic heterocycles. The third-order valence-corrected chi connectivity index (χ3v) is 4.61. The summed E-state index contributed by atoms with van der Waals surface area (Å²) in [5, 5.41) is 0. The lowest BCUT2D eigenvalue weighted by atomic mass is 10.2. The molecule has 0 radical (unpaired) electrons. The van der Waals surface area contributed by atoms with Gasteiger partial charge in [-0.05, 0) is 18.2 Å². The normalized spacial score (nSPS) is 15.8. The SMILES string of the molecule is COc1cc(C2=NC3=[N+](C)C(=O)N(C)C(=O)C3=N2)ccc1OCC(=O)n1ccnc1. The van der Waals surface area contributed by atoms with Gasteiger partial charge in [0.25, 0.3) is 5.91 Å². The van der Waals surface area contributed by atoms with E-state index in [1.54, 1.807) is 18.2 Å². The van der Waals surface area contributed by atoms with E-state index in [2.05, 4.69) is 15.0 Å². The molecule has 1 aromatic carbocycles. The van der Waals surface area contributed by atoms with E-state index < -0.39 is 11.9 Å². The minimum absolute atomic E-state index is 0.0971. The lowest BCUT2D eigenvalue weighted by Crippen LogP contribution is -2.51. The summed E-state index contributed by atoms with van der Waals surface area (Å²) in [6, 6.07) is 4.44. The topological polar surface area (TPSA) is 118 Å². The summed E-state index contributed by atoms with van der Waals surface area (Å²) in [4.78, 5) is 49.9. The number of rotatable bonds is 5. The first kappa shape index (κ1) is 19.2. The third-order valence-electron chi connectivity index (χ3n) is 4.61. The predicted octanol–water partition coefficient (Wildman–Crippen LogP) is 0.445. The van der Waals surface area contributed by atoms with Gasteiger partial charge >= 0.3 is 17.8 Å². The van der Waals surface area contributed by atoms with Gasteiger partial charge in [-0.2, -0.15) is 14.5 Å². The molecule has 0 unspecified atom stereocenters. The van der Waals surface area contributed by atoms with E-state index in [-0.39, 0.29) is 29.9 Å². The summed E-state index contributed by atoms with van der Waals surface area (Å²) in [6.07, 6.45) is 4.42. The van der Waals surface area contributed by atoms with Gasteiger partial charge < -0.3 is 9.47 Å². The average molecular weight is 409 g/mol. The smallest absolute Gasteiger partial charge is 0.446 e. The number of imidazole rings is 1. The van der Waals surface area contributed by atoms with Crippen LogP contribution in [0.4, 0.5) is 4.79 Å². The molecule has 11 heteroatoms. The zero-order valence-corrected chi connectivity index (χ0v) is 16.4. The van der Waals surface area contributed by atoms with E-state index in [4.69, 9.17) is 9.47 Å². The fourth-order valence-electron chi connectivity index (χ4n) is 2.95. The summed E-state index contributed by atoms with van der Waals surface area (Å²) in [7, 11) is 4.38. The first-order chi connectivity index (χ1) is 14.4. The second-order valence-electron chi connectivity index (χ2n) is 6.44. The molecule has 2 aromatic rings. The van der Waals surface area contributed by atoms with Crippen molar-refractivity contribution in [2.45, 2.75) is 0 Å². The van der Waals surface area contributed by atoms with Gasteiger partial charge in [0.05, 0.1) is 21.2 Å². The van der Waals surface area contributed by atoms with E-state index in [0.717, 1.165) is 4.90 Å². The van der Waals surface area contributed by atoms with Crippen LogP contribution in [-0.4, -0.2) is 82.1 Å². The van der Waals surface area contributed by atoms with Crippen molar-refractivity contribution in [3.63, 3.8) is 0 Å². The Morgan fingerprint density at radius 3 is 2.70 bits per heavy atom. The van der Waals surface area contributed by atoms with Crippen molar-refractivity contribution in [2.75, 3.05) is 27.8 Å². The number of fused-ring (bicyclic) bond motifs is 1. The van der Waals surface area contributed by atoms with Crippen LogP contribution in [0, 0.1) is 0 Å². The molecular formula is C19H17N6O5+. The molecule has 0 saturated heterocycles. The number of nitrogens with zero attached hydrogens (tertiary/aromatic N) is 6. The number of imide groups is 1. The van der Waals surface area contributed by atoms with Crippen molar-refractivity contribution >= 4 is 35.2 Å². The van der Waals surface area contributed by atoms with E-state index in [9.17, 15) is 14.4 Å². The monoisotopic (exact) mass is 409 g/mol. The number of ether oxygens (including phenoxy) is 2. The maximum atomic E-state index is 12.3. The highest BCUT2D eigenvalue weighted by atomic mass is 16.5. The van der Waals surface area contributed by atoms with Crippen LogP contribution in [-0.2, 0) is 4.79 Å². The van der Waals surface area contributed by atoms with Crippen molar-refractivity contribution in [1.82, 2.24) is 14.5 Å². The Balaban J connectivity index is 1.59. The second-order valence-corrected chi connectivity index (χ2v) is 6.44. The van der Waals surface area contributed by atoms with Crippen LogP contribution < -0.4 is 9.47 Å². The van der Waals surface area contributed by atoms with Crippen molar-refractivity contribution in [3.8, 4) is 11.5 Å². The molecule has 3 amide bonds. The Kier molecular flexibility index (Phi) is 4.70. The number of carbonyl (C=O) groups excluding carboxylic acids is 3. The lowest BCUT2D eigenvalue weighted by molar-refractivity contribution is -0.401. The van der Waals surface area contributed by atoms with E-state index in [0.29, 0.717) is 17.1 Å². The van der Waals surface area contributed by atoms with Crippen molar-refractivity contribution in [3.05, 3.63) is 42.5 Å². The fraction of sp³-hybridized carbons (Fsp3) is 0.211. The number of methoxy groups -OCH3 is 1. The van der Waals surface area contributed by atoms with Crippen LogP contribution >= 0.6 is 0 Å². The standard InChI is InChI=1S/C19H17N6O5/c1-23-17-15(18(27)24(2)19(23)28)21-16(22-17)11-4-5-12(13(8-11)29-3)30-9-14(26)25-7-6-20-10-25/h4-8,10H,9H2,1-3H3/q+1. The maximum absolute atomic E-state index is 12.3. The van der Waals surface area contributed by atoms with Gasteiger partial charge in [0.2, 0.25) is 11.5 Å². The van der Waals surface area contributed by atoms with Crippen LogP contribution in [0.2, 0.25) is 0 Å². The zero-order chi connectivity index (χ0) is 21.4. The number of amidine groups is 2. The van der Waals surface area contributed by atoms with Crippen LogP contribution in [0.1, 0.15) is 10.4 Å². The van der Waals surface area contributed by atoms with Gasteiger partial charge in [0, 0.05) is 18.0 Å². The quantitative estimate of drug-likeness (QED) is 0.662.